The fourth-order valence-corrected chi connectivity index (χ4v) is 2.93. The predicted octanol–water partition coefficient (Wildman–Crippen LogP) is 0.409. The van der Waals surface area contributed by atoms with Crippen LogP contribution in [-0.4, -0.2) is 72.9 Å². The van der Waals surface area contributed by atoms with Crippen molar-refractivity contribution in [2.45, 2.75) is 24.5 Å². The molecule has 126 valence electrons. The summed E-state index contributed by atoms with van der Waals surface area (Å²) in [5.41, 5.74) is 1.18. The van der Waals surface area contributed by atoms with Crippen molar-refractivity contribution in [1.82, 2.24) is 19.5 Å². The fourth-order valence-electron chi connectivity index (χ4n) is 2.93. The molecule has 9 heteroatoms. The minimum absolute atomic E-state index is 0.249. The van der Waals surface area contributed by atoms with Crippen molar-refractivity contribution in [1.29, 1.82) is 0 Å². The van der Waals surface area contributed by atoms with E-state index in [4.69, 9.17) is 23.7 Å². The van der Waals surface area contributed by atoms with Gasteiger partial charge in [0.2, 0.25) is 5.88 Å². The maximum absolute atomic E-state index is 6.08. The van der Waals surface area contributed by atoms with Crippen molar-refractivity contribution in [3.63, 3.8) is 0 Å². The Hall–Kier alpha value is -1.81. The van der Waals surface area contributed by atoms with Gasteiger partial charge in [0, 0.05) is 21.3 Å². The number of hydrogen-bond donors (Lipinski definition) is 0. The van der Waals surface area contributed by atoms with Gasteiger partial charge in [-0.25, -0.2) is 9.97 Å². The topological polar surface area (TPSA) is 89.8 Å². The molecule has 1 aliphatic rings. The van der Waals surface area contributed by atoms with Gasteiger partial charge in [0.25, 0.3) is 0 Å². The van der Waals surface area contributed by atoms with Gasteiger partial charge in [-0.05, 0) is 0 Å². The Labute approximate surface area is 133 Å². The summed E-state index contributed by atoms with van der Waals surface area (Å²) >= 11 is 0. The SMILES string of the molecule is COCC1OC(n2cnc3c(OC)ncnc32)C(OC)C1OC. The van der Waals surface area contributed by atoms with Gasteiger partial charge in [0.05, 0.1) is 20.0 Å². The number of aromatic nitrogens is 4. The zero-order valence-corrected chi connectivity index (χ0v) is 13.5. The maximum atomic E-state index is 6.08. The van der Waals surface area contributed by atoms with Gasteiger partial charge >= 0.3 is 0 Å². The molecule has 0 amide bonds. The van der Waals surface area contributed by atoms with Gasteiger partial charge in [-0.15, -0.1) is 0 Å². The lowest BCUT2D eigenvalue weighted by atomic mass is 10.1. The minimum atomic E-state index is -0.435. The minimum Gasteiger partial charge on any atom is -0.479 e. The Morgan fingerprint density at radius 1 is 1.09 bits per heavy atom. The van der Waals surface area contributed by atoms with E-state index in [1.807, 2.05) is 0 Å². The molecule has 0 radical (unpaired) electrons. The van der Waals surface area contributed by atoms with Crippen LogP contribution in [0.4, 0.5) is 0 Å². The smallest absolute Gasteiger partial charge is 0.245 e. The molecule has 0 saturated carbocycles. The summed E-state index contributed by atoms with van der Waals surface area (Å²) in [6.45, 7) is 0.403. The molecule has 9 nitrogen and oxygen atoms in total. The van der Waals surface area contributed by atoms with Crippen molar-refractivity contribution < 1.29 is 23.7 Å². The van der Waals surface area contributed by atoms with Gasteiger partial charge < -0.3 is 23.7 Å². The number of hydrogen-bond acceptors (Lipinski definition) is 8. The molecule has 2 aromatic heterocycles. The molecule has 1 saturated heterocycles. The monoisotopic (exact) mass is 324 g/mol. The third kappa shape index (κ3) is 2.65. The number of imidazole rings is 1. The van der Waals surface area contributed by atoms with E-state index in [1.54, 1.807) is 39.3 Å². The first-order valence-electron chi connectivity index (χ1n) is 7.16. The van der Waals surface area contributed by atoms with Crippen molar-refractivity contribution in [2.75, 3.05) is 35.0 Å². The normalized spacial score (nSPS) is 27.7. The largest absolute Gasteiger partial charge is 0.479 e. The number of fused-ring (bicyclic) bond motifs is 1. The zero-order valence-electron chi connectivity index (χ0n) is 13.5. The standard InChI is InChI=1S/C14H20N4O5/c1-19-5-8-10(20-2)11(21-3)14(23-8)18-7-17-9-12(18)15-6-16-13(9)22-4/h6-8,10-11,14H,5H2,1-4H3. The molecule has 0 aliphatic carbocycles. The third-order valence-electron chi connectivity index (χ3n) is 3.95. The summed E-state index contributed by atoms with van der Waals surface area (Å²) in [7, 11) is 6.41. The van der Waals surface area contributed by atoms with Crippen LogP contribution in [0.25, 0.3) is 11.2 Å². The molecule has 3 heterocycles. The lowest BCUT2D eigenvalue weighted by Gasteiger charge is -2.21. The number of ether oxygens (including phenoxy) is 5. The molecular weight excluding hydrogens is 304 g/mol. The summed E-state index contributed by atoms with van der Waals surface area (Å²) in [6, 6.07) is 0. The molecule has 4 atom stereocenters. The van der Waals surface area contributed by atoms with Crippen LogP contribution in [0.15, 0.2) is 12.7 Å². The second-order valence-corrected chi connectivity index (χ2v) is 5.13. The van der Waals surface area contributed by atoms with Crippen LogP contribution in [-0.2, 0) is 18.9 Å². The summed E-state index contributed by atoms with van der Waals surface area (Å²) < 4.78 is 29.5. The van der Waals surface area contributed by atoms with Gasteiger partial charge in [0.15, 0.2) is 17.4 Å². The highest BCUT2D eigenvalue weighted by molar-refractivity contribution is 5.76. The van der Waals surface area contributed by atoms with E-state index in [0.717, 1.165) is 0 Å². The van der Waals surface area contributed by atoms with Gasteiger partial charge in [0.1, 0.15) is 24.6 Å². The van der Waals surface area contributed by atoms with Crippen molar-refractivity contribution in [2.24, 2.45) is 0 Å². The first-order chi connectivity index (χ1) is 11.2. The summed E-state index contributed by atoms with van der Waals surface area (Å²) in [6.07, 6.45) is 1.80. The van der Waals surface area contributed by atoms with E-state index in [-0.39, 0.29) is 18.3 Å². The Morgan fingerprint density at radius 3 is 2.52 bits per heavy atom. The highest BCUT2D eigenvalue weighted by Crippen LogP contribution is 2.35. The third-order valence-corrected chi connectivity index (χ3v) is 3.95. The average Bonchev–Trinajstić information content (AvgIpc) is 3.15. The Balaban J connectivity index is 2.00. The van der Waals surface area contributed by atoms with Gasteiger partial charge in [-0.3, -0.25) is 4.57 Å². The van der Waals surface area contributed by atoms with E-state index < -0.39 is 6.23 Å². The van der Waals surface area contributed by atoms with Crippen LogP contribution in [0.2, 0.25) is 0 Å². The van der Waals surface area contributed by atoms with E-state index in [0.29, 0.717) is 23.7 Å². The molecule has 23 heavy (non-hydrogen) atoms. The number of methoxy groups -OCH3 is 4. The molecule has 2 aromatic rings. The van der Waals surface area contributed by atoms with E-state index in [1.165, 1.54) is 6.33 Å². The highest BCUT2D eigenvalue weighted by Gasteiger charge is 2.46. The fraction of sp³-hybridized carbons (Fsp3) is 0.643. The molecule has 0 aromatic carbocycles. The predicted molar refractivity (Wildman–Crippen MR) is 79.3 cm³/mol. The first-order valence-corrected chi connectivity index (χ1v) is 7.16. The molecule has 0 spiro atoms. The quantitative estimate of drug-likeness (QED) is 0.755. The maximum Gasteiger partial charge on any atom is 0.245 e. The molecule has 0 bridgehead atoms. The van der Waals surface area contributed by atoms with Crippen LogP contribution < -0.4 is 4.74 Å². The second kappa shape index (κ2) is 6.75. The number of rotatable bonds is 6. The molecule has 1 fully saturated rings. The van der Waals surface area contributed by atoms with Crippen LogP contribution in [0.1, 0.15) is 6.23 Å². The lowest BCUT2D eigenvalue weighted by Crippen LogP contribution is -2.36. The molecule has 0 N–H and O–H groups in total. The van der Waals surface area contributed by atoms with Gasteiger partial charge in [-0.1, -0.05) is 0 Å². The second-order valence-electron chi connectivity index (χ2n) is 5.13. The zero-order chi connectivity index (χ0) is 16.4. The van der Waals surface area contributed by atoms with Crippen molar-refractivity contribution >= 4 is 11.2 Å². The summed E-state index contributed by atoms with van der Waals surface area (Å²) in [4.78, 5) is 12.7. The number of nitrogens with zero attached hydrogens (tertiary/aromatic N) is 4. The van der Waals surface area contributed by atoms with E-state index in [9.17, 15) is 0 Å². The Kier molecular flexibility index (Phi) is 4.71. The van der Waals surface area contributed by atoms with Crippen LogP contribution in [0, 0.1) is 0 Å². The molecule has 4 unspecified atom stereocenters. The molecule has 3 rings (SSSR count). The first kappa shape index (κ1) is 16.1. The Morgan fingerprint density at radius 2 is 1.87 bits per heavy atom. The molecular formula is C14H20N4O5. The molecule has 1 aliphatic heterocycles. The van der Waals surface area contributed by atoms with Gasteiger partial charge in [-0.2, -0.15) is 4.98 Å². The summed E-state index contributed by atoms with van der Waals surface area (Å²) in [5.74, 6) is 0.414. The van der Waals surface area contributed by atoms with E-state index in [2.05, 4.69) is 15.0 Å². The van der Waals surface area contributed by atoms with Crippen molar-refractivity contribution in [3.05, 3.63) is 12.7 Å². The van der Waals surface area contributed by atoms with Crippen LogP contribution >= 0.6 is 0 Å². The van der Waals surface area contributed by atoms with Crippen LogP contribution in [0.5, 0.6) is 5.88 Å². The average molecular weight is 324 g/mol. The van der Waals surface area contributed by atoms with E-state index >= 15 is 0 Å². The van der Waals surface area contributed by atoms with Crippen molar-refractivity contribution in [3.8, 4) is 5.88 Å². The Bertz CT molecular complexity index is 664. The lowest BCUT2D eigenvalue weighted by molar-refractivity contribution is -0.0636. The summed E-state index contributed by atoms with van der Waals surface area (Å²) in [5, 5.41) is 0. The van der Waals surface area contributed by atoms with Crippen LogP contribution in [0.3, 0.4) is 0 Å². The highest BCUT2D eigenvalue weighted by atomic mass is 16.6.